The second-order valence-corrected chi connectivity index (χ2v) is 4.33. The number of hydrogen-bond donors (Lipinski definition) is 1. The highest BCUT2D eigenvalue weighted by molar-refractivity contribution is 8.03. The Balaban J connectivity index is 2.21. The Morgan fingerprint density at radius 2 is 2.33 bits per heavy atom. The second-order valence-electron chi connectivity index (χ2n) is 3.23. The SMILES string of the molecule is CCn1c(SC2=CC(=O)CC2)n[nH]c1=O. The van der Waals surface area contributed by atoms with Crippen molar-refractivity contribution < 1.29 is 4.79 Å². The van der Waals surface area contributed by atoms with Crippen LogP contribution in [0.5, 0.6) is 0 Å². The Morgan fingerprint density at radius 1 is 1.53 bits per heavy atom. The Hall–Kier alpha value is -1.30. The number of thioether (sulfide) groups is 1. The molecule has 2 rings (SSSR count). The summed E-state index contributed by atoms with van der Waals surface area (Å²) in [5, 5.41) is 6.94. The molecule has 0 spiro atoms. The van der Waals surface area contributed by atoms with E-state index in [1.807, 2.05) is 6.92 Å². The van der Waals surface area contributed by atoms with Crippen LogP contribution < -0.4 is 5.69 Å². The lowest BCUT2D eigenvalue weighted by Crippen LogP contribution is -2.16. The summed E-state index contributed by atoms with van der Waals surface area (Å²) in [6.45, 7) is 2.47. The minimum absolute atomic E-state index is 0.151. The molecule has 0 fully saturated rings. The molecule has 0 saturated heterocycles. The van der Waals surface area contributed by atoms with E-state index < -0.39 is 0 Å². The lowest BCUT2D eigenvalue weighted by Gasteiger charge is -2.01. The zero-order valence-electron chi connectivity index (χ0n) is 8.32. The standard InChI is InChI=1S/C9H11N3O2S/c1-2-12-8(14)10-11-9(12)15-7-4-3-6(13)5-7/h5H,2-4H2,1H3,(H,10,14). The van der Waals surface area contributed by atoms with E-state index >= 15 is 0 Å². The number of aromatic amines is 1. The number of ketones is 1. The van der Waals surface area contributed by atoms with Crippen molar-refractivity contribution in [3.8, 4) is 0 Å². The van der Waals surface area contributed by atoms with Gasteiger partial charge in [0, 0.05) is 13.0 Å². The van der Waals surface area contributed by atoms with E-state index in [0.29, 0.717) is 18.1 Å². The first-order chi connectivity index (χ1) is 7.20. The first kappa shape index (κ1) is 10.2. The van der Waals surface area contributed by atoms with E-state index in [0.717, 1.165) is 11.3 Å². The van der Waals surface area contributed by atoms with Crippen molar-refractivity contribution >= 4 is 17.5 Å². The van der Waals surface area contributed by atoms with Crippen LogP contribution in [-0.4, -0.2) is 20.5 Å². The lowest BCUT2D eigenvalue weighted by molar-refractivity contribution is -0.114. The summed E-state index contributed by atoms with van der Waals surface area (Å²) in [7, 11) is 0. The van der Waals surface area contributed by atoms with Crippen LogP contribution >= 0.6 is 11.8 Å². The minimum atomic E-state index is -0.204. The van der Waals surface area contributed by atoms with Gasteiger partial charge in [0.1, 0.15) is 0 Å². The number of nitrogens with zero attached hydrogens (tertiary/aromatic N) is 2. The molecular formula is C9H11N3O2S. The number of hydrogen-bond acceptors (Lipinski definition) is 4. The van der Waals surface area contributed by atoms with Crippen LogP contribution in [-0.2, 0) is 11.3 Å². The van der Waals surface area contributed by atoms with Gasteiger partial charge in [0.2, 0.25) is 0 Å². The van der Waals surface area contributed by atoms with Crippen LogP contribution in [0.25, 0.3) is 0 Å². The van der Waals surface area contributed by atoms with Gasteiger partial charge in [-0.2, -0.15) is 0 Å². The van der Waals surface area contributed by atoms with Crippen LogP contribution in [0.1, 0.15) is 19.8 Å². The second kappa shape index (κ2) is 4.06. The molecule has 1 aromatic rings. The number of allylic oxidation sites excluding steroid dienone is 2. The van der Waals surface area contributed by atoms with Crippen LogP contribution in [0.15, 0.2) is 20.9 Å². The highest BCUT2D eigenvalue weighted by atomic mass is 32.2. The van der Waals surface area contributed by atoms with Crippen molar-refractivity contribution in [2.24, 2.45) is 0 Å². The Labute approximate surface area is 90.6 Å². The molecule has 1 N–H and O–H groups in total. The topological polar surface area (TPSA) is 67.8 Å². The highest BCUT2D eigenvalue weighted by Crippen LogP contribution is 2.31. The summed E-state index contributed by atoms with van der Waals surface area (Å²) in [5.74, 6) is 0.151. The number of carbonyl (C=O) groups excluding carboxylic acids is 1. The fourth-order valence-corrected chi connectivity index (χ4v) is 2.47. The van der Waals surface area contributed by atoms with E-state index in [1.54, 1.807) is 10.6 Å². The maximum Gasteiger partial charge on any atom is 0.343 e. The molecule has 0 unspecified atom stereocenters. The molecular weight excluding hydrogens is 214 g/mol. The van der Waals surface area contributed by atoms with Gasteiger partial charge < -0.3 is 0 Å². The zero-order chi connectivity index (χ0) is 10.8. The third kappa shape index (κ3) is 2.04. The van der Waals surface area contributed by atoms with Crippen molar-refractivity contribution in [2.75, 3.05) is 0 Å². The van der Waals surface area contributed by atoms with Gasteiger partial charge in [-0.3, -0.25) is 9.36 Å². The summed E-state index contributed by atoms with van der Waals surface area (Å²) in [4.78, 5) is 23.3. The quantitative estimate of drug-likeness (QED) is 0.831. The van der Waals surface area contributed by atoms with Gasteiger partial charge in [0.25, 0.3) is 0 Å². The average molecular weight is 225 g/mol. The average Bonchev–Trinajstić information content (AvgIpc) is 2.75. The van der Waals surface area contributed by atoms with Crippen LogP contribution in [0.2, 0.25) is 0 Å². The molecule has 0 amide bonds. The number of aromatic nitrogens is 3. The first-order valence-corrected chi connectivity index (χ1v) is 5.59. The fraction of sp³-hybridized carbons (Fsp3) is 0.444. The van der Waals surface area contributed by atoms with Crippen LogP contribution in [0.3, 0.4) is 0 Å². The summed E-state index contributed by atoms with van der Waals surface area (Å²) in [6, 6.07) is 0. The number of H-pyrrole nitrogens is 1. The smallest absolute Gasteiger partial charge is 0.295 e. The van der Waals surface area contributed by atoms with Gasteiger partial charge in [0.05, 0.1) is 0 Å². The van der Waals surface area contributed by atoms with Crippen LogP contribution in [0.4, 0.5) is 0 Å². The number of carbonyl (C=O) groups is 1. The van der Waals surface area contributed by atoms with Crippen molar-refractivity contribution in [1.29, 1.82) is 0 Å². The van der Waals surface area contributed by atoms with E-state index in [4.69, 9.17) is 0 Å². The Kier molecular flexibility index (Phi) is 2.77. The van der Waals surface area contributed by atoms with Gasteiger partial charge in [-0.15, -0.1) is 5.10 Å². The summed E-state index contributed by atoms with van der Waals surface area (Å²) in [5.41, 5.74) is -0.204. The molecule has 0 aromatic carbocycles. The molecule has 1 aliphatic rings. The van der Waals surface area contributed by atoms with Gasteiger partial charge in [-0.1, -0.05) is 11.8 Å². The van der Waals surface area contributed by atoms with E-state index in [2.05, 4.69) is 10.2 Å². The Bertz CT molecular complexity index is 472. The summed E-state index contributed by atoms with van der Waals surface area (Å²) in [6.07, 6.45) is 2.96. The molecule has 0 aliphatic heterocycles. The minimum Gasteiger partial charge on any atom is -0.295 e. The fourth-order valence-electron chi connectivity index (χ4n) is 1.43. The first-order valence-electron chi connectivity index (χ1n) is 4.77. The molecule has 1 aromatic heterocycles. The zero-order valence-corrected chi connectivity index (χ0v) is 9.13. The van der Waals surface area contributed by atoms with Gasteiger partial charge in [0.15, 0.2) is 10.9 Å². The molecule has 1 aliphatic carbocycles. The third-order valence-corrected chi connectivity index (χ3v) is 3.28. The molecule has 0 atom stereocenters. The number of nitrogens with one attached hydrogen (secondary N) is 1. The largest absolute Gasteiger partial charge is 0.343 e. The molecule has 15 heavy (non-hydrogen) atoms. The van der Waals surface area contributed by atoms with E-state index in [1.165, 1.54) is 11.8 Å². The van der Waals surface area contributed by atoms with E-state index in [9.17, 15) is 9.59 Å². The van der Waals surface area contributed by atoms with Crippen molar-refractivity contribution in [3.05, 3.63) is 21.5 Å². The maximum absolute atomic E-state index is 11.3. The van der Waals surface area contributed by atoms with Crippen molar-refractivity contribution in [1.82, 2.24) is 14.8 Å². The predicted molar refractivity (Wildman–Crippen MR) is 56.7 cm³/mol. The third-order valence-electron chi connectivity index (χ3n) is 2.20. The van der Waals surface area contributed by atoms with Gasteiger partial charge >= 0.3 is 5.69 Å². The molecule has 0 radical (unpaired) electrons. The van der Waals surface area contributed by atoms with Crippen molar-refractivity contribution in [2.45, 2.75) is 31.5 Å². The van der Waals surface area contributed by atoms with Gasteiger partial charge in [-0.05, 0) is 24.3 Å². The molecule has 0 saturated carbocycles. The van der Waals surface area contributed by atoms with Gasteiger partial charge in [-0.25, -0.2) is 9.89 Å². The molecule has 80 valence electrons. The highest BCUT2D eigenvalue weighted by Gasteiger charge is 2.16. The monoisotopic (exact) mass is 225 g/mol. The molecule has 0 bridgehead atoms. The van der Waals surface area contributed by atoms with E-state index in [-0.39, 0.29) is 11.5 Å². The lowest BCUT2D eigenvalue weighted by atomic mass is 10.3. The normalized spacial score (nSPS) is 15.8. The molecule has 1 heterocycles. The Morgan fingerprint density at radius 3 is 2.93 bits per heavy atom. The maximum atomic E-state index is 11.3. The molecule has 5 nitrogen and oxygen atoms in total. The summed E-state index contributed by atoms with van der Waals surface area (Å²) >= 11 is 1.39. The van der Waals surface area contributed by atoms with Crippen LogP contribution in [0, 0.1) is 0 Å². The summed E-state index contributed by atoms with van der Waals surface area (Å²) < 4.78 is 1.55. The number of rotatable bonds is 3. The predicted octanol–water partition coefficient (Wildman–Crippen LogP) is 0.930. The molecule has 6 heteroatoms. The van der Waals surface area contributed by atoms with Crippen molar-refractivity contribution in [3.63, 3.8) is 0 Å².